The normalized spacial score (nSPS) is 12.1. The third-order valence-electron chi connectivity index (χ3n) is 20.0. The number of benzene rings is 12. The highest BCUT2D eigenvalue weighted by Gasteiger charge is 2.44. The van der Waals surface area contributed by atoms with E-state index in [4.69, 9.17) is 13.1 Å². The summed E-state index contributed by atoms with van der Waals surface area (Å²) in [5.74, 6) is 0. The lowest BCUT2D eigenvalue weighted by molar-refractivity contribution is -0.138. The zero-order valence-corrected chi connectivity index (χ0v) is 56.2. The number of halogens is 9. The number of hydrogen-bond donors (Lipinski definition) is 0. The number of fused-ring (bicyclic) bond motifs is 12. The summed E-state index contributed by atoms with van der Waals surface area (Å²) in [6, 6.07) is 61.2. The van der Waals surface area contributed by atoms with E-state index in [1.807, 2.05) is 167 Å². The van der Waals surface area contributed by atoms with Crippen LogP contribution in [0.5, 0.6) is 0 Å². The summed E-state index contributed by atoms with van der Waals surface area (Å²) in [6.07, 6.45) is -14.8. The fourth-order valence-electron chi connectivity index (χ4n) is 15.9. The molecule has 0 fully saturated rings. The lowest BCUT2D eigenvalue weighted by atomic mass is 9.92. The minimum absolute atomic E-state index is 0.143. The summed E-state index contributed by atoms with van der Waals surface area (Å²) in [6.45, 7) is 31.1. The Bertz CT molecular complexity index is 6180. The van der Waals surface area contributed by atoms with Gasteiger partial charge in [0.15, 0.2) is 11.4 Å². The van der Waals surface area contributed by atoms with Crippen molar-refractivity contribution in [3.05, 3.63) is 296 Å². The number of aryl methyl sites for hydroxylation is 8. The van der Waals surface area contributed by atoms with Crippen LogP contribution in [0.3, 0.4) is 0 Å². The topological polar surface area (TPSA) is 52.2 Å². The van der Waals surface area contributed by atoms with Crippen molar-refractivity contribution in [1.29, 1.82) is 5.26 Å². The van der Waals surface area contributed by atoms with Crippen LogP contribution in [-0.2, 0) is 18.5 Å². The van der Waals surface area contributed by atoms with Crippen LogP contribution in [0.15, 0.2) is 206 Å². The van der Waals surface area contributed by atoms with Gasteiger partial charge in [0.2, 0.25) is 0 Å². The van der Waals surface area contributed by atoms with Crippen LogP contribution in [0, 0.1) is 79.9 Å². The van der Waals surface area contributed by atoms with Crippen LogP contribution in [0.4, 0.5) is 50.9 Å². The van der Waals surface area contributed by atoms with Crippen molar-refractivity contribution in [1.82, 2.24) is 18.3 Å². The van der Waals surface area contributed by atoms with Crippen molar-refractivity contribution in [2.45, 2.75) is 73.9 Å². The number of rotatable bonds is 6. The van der Waals surface area contributed by atoms with E-state index in [1.54, 1.807) is 42.7 Å². The van der Waals surface area contributed by atoms with Crippen molar-refractivity contribution in [3.8, 4) is 51.1 Å². The molecule has 16 rings (SSSR count). The molecule has 0 spiro atoms. The van der Waals surface area contributed by atoms with Gasteiger partial charge in [-0.05, 0) is 123 Å². The highest BCUT2D eigenvalue weighted by Crippen LogP contribution is 2.54. The summed E-state index contributed by atoms with van der Waals surface area (Å²) in [5.41, 5.74) is 7.38. The van der Waals surface area contributed by atoms with Crippen LogP contribution >= 0.6 is 0 Å². The third kappa shape index (κ3) is 9.92. The van der Waals surface area contributed by atoms with Crippen LogP contribution in [0.2, 0.25) is 0 Å². The Hall–Kier alpha value is -12.3. The number of nitriles is 1. The first-order valence-electron chi connectivity index (χ1n) is 32.8. The predicted octanol–water partition coefficient (Wildman–Crippen LogP) is 25.6. The predicted molar refractivity (Wildman–Crippen MR) is 391 cm³/mol. The minimum atomic E-state index is -5.09. The fraction of sp³-hybridized carbons (Fsp3) is 0.128. The van der Waals surface area contributed by atoms with E-state index in [2.05, 4.69) is 32.5 Å². The molecule has 0 aliphatic rings. The number of alkyl halides is 9. The van der Waals surface area contributed by atoms with Crippen LogP contribution in [0.1, 0.15) is 66.8 Å². The number of aromatic nitrogens is 4. The van der Waals surface area contributed by atoms with E-state index in [0.717, 1.165) is 106 Å². The van der Waals surface area contributed by atoms with Crippen LogP contribution in [0.25, 0.3) is 142 Å². The molecule has 0 atom stereocenters. The second-order valence-electron chi connectivity index (χ2n) is 26.1. The van der Waals surface area contributed by atoms with Gasteiger partial charge in [0.05, 0.1) is 91.2 Å². The molecule has 0 bridgehead atoms. The largest absolute Gasteiger partial charge is 0.420 e. The summed E-state index contributed by atoms with van der Waals surface area (Å²) in [5, 5.41) is 18.0. The van der Waals surface area contributed by atoms with Gasteiger partial charge in [0, 0.05) is 54.2 Å². The molecule has 0 saturated carbocycles. The Morgan fingerprint density at radius 3 is 0.833 bits per heavy atom. The van der Waals surface area contributed by atoms with Crippen molar-refractivity contribution in [2.75, 3.05) is 0 Å². The number of nitrogens with zero attached hydrogens (tertiary/aromatic N) is 7. The van der Waals surface area contributed by atoms with Gasteiger partial charge in [-0.25, -0.2) is 9.69 Å². The highest BCUT2D eigenvalue weighted by molar-refractivity contribution is 6.16. The molecule has 102 heavy (non-hydrogen) atoms. The van der Waals surface area contributed by atoms with E-state index < -0.39 is 52.2 Å². The number of para-hydroxylation sites is 8. The lowest BCUT2D eigenvalue weighted by Crippen LogP contribution is -2.18. The maximum absolute atomic E-state index is 16.4. The Morgan fingerprint density at radius 1 is 0.304 bits per heavy atom. The van der Waals surface area contributed by atoms with Crippen molar-refractivity contribution in [3.63, 3.8) is 0 Å². The molecular weight excluding hydrogens is 1300 g/mol. The molecule has 4 aromatic heterocycles. The average molecular weight is 1360 g/mol. The van der Waals surface area contributed by atoms with Crippen molar-refractivity contribution >= 4 is 98.6 Å². The molecule has 0 radical (unpaired) electrons. The molecule has 7 nitrogen and oxygen atoms in total. The quantitative estimate of drug-likeness (QED) is 0.121. The average Bonchev–Trinajstić information content (AvgIpc) is 1.49. The van der Waals surface area contributed by atoms with Gasteiger partial charge in [-0.2, -0.15) is 44.8 Å². The van der Waals surface area contributed by atoms with Gasteiger partial charge in [-0.3, -0.25) is 0 Å². The molecule has 12 aromatic carbocycles. The monoisotopic (exact) mass is 1360 g/mol. The minimum Gasteiger partial charge on any atom is -0.308 e. The van der Waals surface area contributed by atoms with Crippen molar-refractivity contribution < 1.29 is 39.5 Å². The lowest BCUT2D eigenvalue weighted by Gasteiger charge is -2.26. The number of hydrogen-bond acceptors (Lipinski definition) is 1. The molecule has 0 amide bonds. The van der Waals surface area contributed by atoms with Gasteiger partial charge in [0.1, 0.15) is 17.2 Å². The first kappa shape index (κ1) is 65.6. The first-order valence-corrected chi connectivity index (χ1v) is 32.8. The standard InChI is InChI=1S/C43H29F6N3.C43H29F3N4/c1-23-11-6-15-27-28-16-7-12-24(2)38(28)51(37(23)27)34-22-21-31(35-32(42(44,45)46)19-10-20-33(35)50-5)41(36(34)43(47,48)49)52-39-25(3)13-8-17-29(39)30-18-9-14-26(4)40(30)52;1-24-11-6-15-28-29-16-7-12-25(2)39(29)49(38(24)28)36-22-21-32(37-34(43(44,45)46)19-10-20-35(37)48-5)42(33(36)23-47)50-40-26(3)13-8-17-30(40)31-18-9-14-27(4)41(31)50/h6-22H,1-4H3;6-22H,1-4H3. The summed E-state index contributed by atoms with van der Waals surface area (Å²) in [7, 11) is 0. The molecule has 0 aliphatic carbocycles. The Balaban J connectivity index is 0.000000165. The van der Waals surface area contributed by atoms with E-state index >= 15 is 13.2 Å². The smallest absolute Gasteiger partial charge is 0.308 e. The van der Waals surface area contributed by atoms with Gasteiger partial charge >= 0.3 is 18.5 Å². The molecule has 0 saturated heterocycles. The highest BCUT2D eigenvalue weighted by atomic mass is 19.4. The molecule has 16 heteroatoms. The zero-order valence-electron chi connectivity index (χ0n) is 56.2. The second-order valence-corrected chi connectivity index (χ2v) is 26.1. The van der Waals surface area contributed by atoms with E-state index in [0.29, 0.717) is 55.3 Å². The molecule has 0 aliphatic heterocycles. The van der Waals surface area contributed by atoms with Crippen molar-refractivity contribution in [2.24, 2.45) is 0 Å². The molecule has 0 unspecified atom stereocenters. The molecule has 500 valence electrons. The molecule has 0 N–H and O–H groups in total. The van der Waals surface area contributed by atoms with Gasteiger partial charge in [-0.1, -0.05) is 194 Å². The Kier molecular flexibility index (Phi) is 15.4. The van der Waals surface area contributed by atoms with E-state index in [9.17, 15) is 31.6 Å². The van der Waals surface area contributed by atoms with Crippen LogP contribution in [-0.4, -0.2) is 18.3 Å². The SMILES string of the molecule is [C-]#[N+]c1cccc(C(F)(F)F)c1-c1ccc(-n2c3c(C)cccc3c3cccc(C)c32)c(C#N)c1-n1c2c(C)cccc2c2cccc(C)c21.[C-]#[N+]c1cccc(C(F)(F)F)c1-c1ccc(-n2c3c(C)cccc3c3cccc(C)c32)c(C(F)(F)F)c1-n1c2c(C)cccc2c2cccc(C)c21. The molecule has 16 aromatic rings. The summed E-state index contributed by atoms with van der Waals surface area (Å²) < 4.78 is 146. The zero-order chi connectivity index (χ0) is 71.9. The molecule has 4 heterocycles. The maximum Gasteiger partial charge on any atom is 0.420 e. The van der Waals surface area contributed by atoms with Gasteiger partial charge in [-0.15, -0.1) is 0 Å². The summed E-state index contributed by atoms with van der Waals surface area (Å²) >= 11 is 0. The van der Waals surface area contributed by atoms with E-state index in [-0.39, 0.29) is 33.6 Å². The van der Waals surface area contributed by atoms with Gasteiger partial charge in [0.25, 0.3) is 0 Å². The fourth-order valence-corrected chi connectivity index (χ4v) is 15.9. The maximum atomic E-state index is 16.4. The molecular formula is C86H58F9N7. The Morgan fingerprint density at radius 2 is 0.559 bits per heavy atom. The van der Waals surface area contributed by atoms with Crippen LogP contribution < -0.4 is 0 Å². The van der Waals surface area contributed by atoms with E-state index in [1.165, 1.54) is 34.9 Å². The Labute approximate surface area is 579 Å². The third-order valence-corrected chi connectivity index (χ3v) is 20.0. The first-order chi connectivity index (χ1) is 48.8. The summed E-state index contributed by atoms with van der Waals surface area (Å²) in [4.78, 5) is 7.02. The second kappa shape index (κ2) is 24.0. The van der Waals surface area contributed by atoms with Gasteiger partial charge < -0.3 is 18.3 Å².